The molecule has 0 bridgehead atoms. The fourth-order valence-corrected chi connectivity index (χ4v) is 4.47. The Bertz CT molecular complexity index is 1160. The van der Waals surface area contributed by atoms with Crippen LogP contribution in [0.1, 0.15) is 31.5 Å². The number of nitrogens with zero attached hydrogens (tertiary/aromatic N) is 5. The summed E-state index contributed by atoms with van der Waals surface area (Å²) in [6.45, 7) is 2.67. The molecule has 2 aliphatic rings. The van der Waals surface area contributed by atoms with Crippen molar-refractivity contribution in [3.05, 3.63) is 50.6 Å². The maximum Gasteiger partial charge on any atom is 0.272 e. The second-order valence-corrected chi connectivity index (χ2v) is 8.07. The van der Waals surface area contributed by atoms with E-state index < -0.39 is 17.6 Å². The first kappa shape index (κ1) is 17.1. The van der Waals surface area contributed by atoms with Crippen molar-refractivity contribution in [3.63, 3.8) is 0 Å². The Hall–Kier alpha value is -3.05. The van der Waals surface area contributed by atoms with E-state index in [4.69, 9.17) is 10.5 Å². The number of ether oxygens (including phenoxy) is 1. The summed E-state index contributed by atoms with van der Waals surface area (Å²) in [6, 6.07) is 1.17. The first-order valence-electron chi connectivity index (χ1n) is 8.71. The summed E-state index contributed by atoms with van der Waals surface area (Å²) in [5, 5.41) is 5.29. The summed E-state index contributed by atoms with van der Waals surface area (Å²) < 4.78 is 9.35. The average Bonchev–Trinajstić information content (AvgIpc) is 3.28. The molecule has 2 unspecified atom stereocenters. The Morgan fingerprint density at radius 2 is 2.18 bits per heavy atom. The Labute approximate surface area is 162 Å². The molecular weight excluding hydrogens is 384 g/mol. The normalized spacial score (nSPS) is 21.2. The molecule has 2 atom stereocenters. The average molecular weight is 400 g/mol. The second-order valence-electron chi connectivity index (χ2n) is 6.91. The maximum atomic E-state index is 12.8. The molecule has 0 saturated carbocycles. The number of carbonyl (C=O) groups excluding carboxylic acids is 2. The topological polar surface area (TPSA) is 125 Å². The monoisotopic (exact) mass is 400 g/mol. The van der Waals surface area contributed by atoms with Gasteiger partial charge in [0, 0.05) is 18.7 Å². The molecule has 0 aliphatic carbocycles. The summed E-state index contributed by atoms with van der Waals surface area (Å²) in [5.41, 5.74) is 5.63. The number of primary amides is 1. The molecule has 144 valence electrons. The SMILES string of the molecule is Cc1nn2cc(CC3CN4C(=O)c5cc(=O)c(C(N)=O)cn5CC4O3)nc2s1. The lowest BCUT2D eigenvalue weighted by Gasteiger charge is -2.31. The van der Waals surface area contributed by atoms with Crippen LogP contribution in [0.25, 0.3) is 4.96 Å². The quantitative estimate of drug-likeness (QED) is 0.648. The first-order chi connectivity index (χ1) is 13.4. The van der Waals surface area contributed by atoms with Gasteiger partial charge in [0.15, 0.2) is 11.7 Å². The molecule has 2 N–H and O–H groups in total. The van der Waals surface area contributed by atoms with Crippen molar-refractivity contribution in [1.29, 1.82) is 0 Å². The number of imidazole rings is 1. The van der Waals surface area contributed by atoms with Crippen LogP contribution in [0.15, 0.2) is 23.3 Å². The van der Waals surface area contributed by atoms with Gasteiger partial charge in [-0.25, -0.2) is 9.50 Å². The second kappa shape index (κ2) is 5.97. The predicted molar refractivity (Wildman–Crippen MR) is 98.2 cm³/mol. The van der Waals surface area contributed by atoms with E-state index in [1.54, 1.807) is 14.0 Å². The van der Waals surface area contributed by atoms with Gasteiger partial charge in [-0.2, -0.15) is 5.10 Å². The number of aromatic nitrogens is 4. The van der Waals surface area contributed by atoms with E-state index in [0.717, 1.165) is 15.7 Å². The number of amides is 2. The lowest BCUT2D eigenvalue weighted by Crippen LogP contribution is -2.46. The van der Waals surface area contributed by atoms with Crippen LogP contribution in [0.5, 0.6) is 0 Å². The highest BCUT2D eigenvalue weighted by Crippen LogP contribution is 2.27. The van der Waals surface area contributed by atoms with Gasteiger partial charge in [-0.3, -0.25) is 14.4 Å². The molecule has 3 aromatic heterocycles. The number of carbonyl (C=O) groups is 2. The van der Waals surface area contributed by atoms with Crippen molar-refractivity contribution < 1.29 is 14.3 Å². The zero-order chi connectivity index (χ0) is 19.6. The molecule has 2 aliphatic heterocycles. The minimum Gasteiger partial charge on any atom is -0.365 e. The number of hydrogen-bond acceptors (Lipinski definition) is 7. The van der Waals surface area contributed by atoms with Crippen molar-refractivity contribution >= 4 is 28.1 Å². The van der Waals surface area contributed by atoms with Crippen LogP contribution >= 0.6 is 11.3 Å². The highest BCUT2D eigenvalue weighted by Gasteiger charge is 2.41. The highest BCUT2D eigenvalue weighted by molar-refractivity contribution is 7.16. The van der Waals surface area contributed by atoms with Gasteiger partial charge in [-0.1, -0.05) is 11.3 Å². The van der Waals surface area contributed by atoms with Crippen LogP contribution in [0, 0.1) is 6.92 Å². The Morgan fingerprint density at radius 3 is 2.93 bits per heavy atom. The van der Waals surface area contributed by atoms with Gasteiger partial charge in [0.25, 0.3) is 11.8 Å². The smallest absolute Gasteiger partial charge is 0.272 e. The van der Waals surface area contributed by atoms with Gasteiger partial charge < -0.3 is 19.9 Å². The van der Waals surface area contributed by atoms with Crippen LogP contribution in [0.3, 0.4) is 0 Å². The van der Waals surface area contributed by atoms with Gasteiger partial charge >= 0.3 is 0 Å². The third-order valence-electron chi connectivity index (χ3n) is 4.95. The third kappa shape index (κ3) is 2.62. The zero-order valence-corrected chi connectivity index (χ0v) is 15.7. The van der Waals surface area contributed by atoms with Gasteiger partial charge in [0.2, 0.25) is 4.96 Å². The van der Waals surface area contributed by atoms with Crippen LogP contribution in [0.4, 0.5) is 0 Å². The lowest BCUT2D eigenvalue weighted by molar-refractivity contribution is -0.0141. The zero-order valence-electron chi connectivity index (χ0n) is 14.9. The summed E-state index contributed by atoms with van der Waals surface area (Å²) in [7, 11) is 0. The van der Waals surface area contributed by atoms with Gasteiger partial charge in [-0.05, 0) is 6.92 Å². The van der Waals surface area contributed by atoms with Crippen molar-refractivity contribution in [3.8, 4) is 0 Å². The molecule has 1 saturated heterocycles. The molecule has 5 heterocycles. The number of rotatable bonds is 3. The maximum absolute atomic E-state index is 12.8. The standard InChI is InChI=1S/C17H16N6O4S/c1-8-20-23-4-9(19-17(23)28-8)2-10-5-22-14(27-10)7-21-6-11(15(18)25)13(24)3-12(21)16(22)26/h3-4,6,10,14H,2,5,7H2,1H3,(H2,18,25). The van der Waals surface area contributed by atoms with E-state index in [1.165, 1.54) is 23.6 Å². The molecule has 0 spiro atoms. The van der Waals surface area contributed by atoms with Crippen molar-refractivity contribution in [2.75, 3.05) is 6.54 Å². The molecule has 2 amide bonds. The number of pyridine rings is 1. The number of hydrogen-bond donors (Lipinski definition) is 1. The van der Waals surface area contributed by atoms with Crippen LogP contribution in [-0.2, 0) is 17.7 Å². The molecule has 0 radical (unpaired) electrons. The molecule has 1 fully saturated rings. The van der Waals surface area contributed by atoms with E-state index in [9.17, 15) is 14.4 Å². The summed E-state index contributed by atoms with van der Waals surface area (Å²) in [5.74, 6) is -1.11. The summed E-state index contributed by atoms with van der Waals surface area (Å²) in [4.78, 5) is 43.2. The molecule has 10 nitrogen and oxygen atoms in total. The highest BCUT2D eigenvalue weighted by atomic mass is 32.1. The molecule has 0 aromatic carbocycles. The third-order valence-corrected chi connectivity index (χ3v) is 5.79. The minimum atomic E-state index is -0.816. The summed E-state index contributed by atoms with van der Waals surface area (Å²) in [6.07, 6.45) is 3.08. The van der Waals surface area contributed by atoms with Gasteiger partial charge in [0.1, 0.15) is 16.3 Å². The fraction of sp³-hybridized carbons (Fsp3) is 0.353. The van der Waals surface area contributed by atoms with E-state index in [1.807, 2.05) is 13.1 Å². The largest absolute Gasteiger partial charge is 0.365 e. The molecule has 11 heteroatoms. The van der Waals surface area contributed by atoms with Crippen molar-refractivity contribution in [2.24, 2.45) is 5.73 Å². The van der Waals surface area contributed by atoms with E-state index in [-0.39, 0.29) is 23.3 Å². The minimum absolute atomic E-state index is 0.138. The van der Waals surface area contributed by atoms with Crippen LogP contribution in [0.2, 0.25) is 0 Å². The molecule has 3 aromatic rings. The Morgan fingerprint density at radius 1 is 1.36 bits per heavy atom. The number of aryl methyl sites for hydroxylation is 1. The first-order valence-corrected chi connectivity index (χ1v) is 9.53. The lowest BCUT2D eigenvalue weighted by atomic mass is 10.1. The molecular formula is C17H16N6O4S. The fourth-order valence-electron chi connectivity index (χ4n) is 3.73. The van der Waals surface area contributed by atoms with Crippen LogP contribution < -0.4 is 11.2 Å². The van der Waals surface area contributed by atoms with E-state index >= 15 is 0 Å². The molecule has 28 heavy (non-hydrogen) atoms. The van der Waals surface area contributed by atoms with Gasteiger partial charge in [0.05, 0.1) is 31.1 Å². The predicted octanol–water partition coefficient (Wildman–Crippen LogP) is -0.217. The number of nitrogens with two attached hydrogens (primary N) is 1. The van der Waals surface area contributed by atoms with Crippen molar-refractivity contribution in [1.82, 2.24) is 24.1 Å². The van der Waals surface area contributed by atoms with E-state index in [2.05, 4.69) is 10.1 Å². The summed E-state index contributed by atoms with van der Waals surface area (Å²) >= 11 is 1.51. The van der Waals surface area contributed by atoms with Crippen molar-refractivity contribution in [2.45, 2.75) is 32.2 Å². The Balaban J connectivity index is 1.38. The van der Waals surface area contributed by atoms with Crippen LogP contribution in [-0.4, -0.2) is 54.8 Å². The van der Waals surface area contributed by atoms with Gasteiger partial charge in [-0.15, -0.1) is 0 Å². The Kier molecular flexibility index (Phi) is 3.64. The molecule has 5 rings (SSSR count). The van der Waals surface area contributed by atoms with E-state index in [0.29, 0.717) is 19.5 Å². The number of fused-ring (bicyclic) bond motifs is 3.